The van der Waals surface area contributed by atoms with Gasteiger partial charge in [0.15, 0.2) is 0 Å². The van der Waals surface area contributed by atoms with Crippen LogP contribution in [0.15, 0.2) is 17.5 Å². The summed E-state index contributed by atoms with van der Waals surface area (Å²) in [5.41, 5.74) is 0. The summed E-state index contributed by atoms with van der Waals surface area (Å²) >= 11 is 5.58. The predicted octanol–water partition coefficient (Wildman–Crippen LogP) is 1.92. The van der Waals surface area contributed by atoms with Gasteiger partial charge in [-0.25, -0.2) is 0 Å². The molecule has 0 radical (unpaired) electrons. The minimum absolute atomic E-state index is 0.231. The average Bonchev–Trinajstić information content (AvgIpc) is 2.37. The lowest BCUT2D eigenvalue weighted by molar-refractivity contribution is -0.107. The molecule has 9 heavy (non-hydrogen) atoms. The van der Waals surface area contributed by atoms with Crippen LogP contribution in [0.4, 0.5) is 0 Å². The van der Waals surface area contributed by atoms with Crippen molar-refractivity contribution in [3.8, 4) is 0 Å². The molecule has 3 heteroatoms. The normalized spacial score (nSPS) is 13.0. The van der Waals surface area contributed by atoms with Crippen LogP contribution < -0.4 is 0 Å². The number of carbonyl (C=O) groups excluding carboxylic acids is 1. The molecule has 0 saturated heterocycles. The maximum Gasteiger partial charge on any atom is 0.137 e. The summed E-state index contributed by atoms with van der Waals surface area (Å²) in [5, 5.41) is 1.70. The number of carbonyl (C=O) groups is 1. The molecule has 48 valence electrons. The maximum atomic E-state index is 10.1. The van der Waals surface area contributed by atoms with E-state index in [0.717, 1.165) is 11.2 Å². The molecular weight excluding hydrogens is 152 g/mol. The number of thiol groups is 1. The van der Waals surface area contributed by atoms with E-state index in [4.69, 9.17) is 0 Å². The van der Waals surface area contributed by atoms with Gasteiger partial charge in [0.1, 0.15) is 6.29 Å². The van der Waals surface area contributed by atoms with Crippen molar-refractivity contribution in [2.24, 2.45) is 0 Å². The van der Waals surface area contributed by atoms with Gasteiger partial charge in [0.05, 0.1) is 5.25 Å². The highest BCUT2D eigenvalue weighted by atomic mass is 32.1. The Labute approximate surface area is 63.1 Å². The van der Waals surface area contributed by atoms with Gasteiger partial charge in [-0.05, 0) is 11.4 Å². The zero-order valence-corrected chi connectivity index (χ0v) is 6.36. The standard InChI is InChI=1S/C6H6OS2/c7-4-5(8)6-2-1-3-9-6/h1-5,8H. The van der Waals surface area contributed by atoms with Gasteiger partial charge in [0.25, 0.3) is 0 Å². The second-order valence-corrected chi connectivity index (χ2v) is 3.13. The molecule has 0 aliphatic carbocycles. The molecule has 1 atom stereocenters. The molecule has 1 aromatic rings. The molecule has 0 N–H and O–H groups in total. The second-order valence-electron chi connectivity index (χ2n) is 1.60. The third kappa shape index (κ3) is 1.56. The first-order valence-electron chi connectivity index (χ1n) is 2.51. The first-order valence-corrected chi connectivity index (χ1v) is 3.91. The lowest BCUT2D eigenvalue weighted by Crippen LogP contribution is -1.84. The molecule has 1 heterocycles. The van der Waals surface area contributed by atoms with Gasteiger partial charge in [-0.2, -0.15) is 12.6 Å². The molecule has 0 saturated carbocycles. The van der Waals surface area contributed by atoms with Crippen LogP contribution in [0.5, 0.6) is 0 Å². The van der Waals surface area contributed by atoms with Crippen molar-refractivity contribution in [1.82, 2.24) is 0 Å². The van der Waals surface area contributed by atoms with Crippen molar-refractivity contribution >= 4 is 30.3 Å². The first kappa shape index (κ1) is 6.83. The third-order valence-electron chi connectivity index (χ3n) is 0.964. The van der Waals surface area contributed by atoms with E-state index >= 15 is 0 Å². The van der Waals surface area contributed by atoms with E-state index in [-0.39, 0.29) is 5.25 Å². The predicted molar refractivity (Wildman–Crippen MR) is 42.1 cm³/mol. The fourth-order valence-electron chi connectivity index (χ4n) is 0.527. The Balaban J connectivity index is 2.76. The second kappa shape index (κ2) is 3.03. The van der Waals surface area contributed by atoms with E-state index in [2.05, 4.69) is 12.6 Å². The van der Waals surface area contributed by atoms with Crippen molar-refractivity contribution in [3.63, 3.8) is 0 Å². The Morgan fingerprint density at radius 3 is 3.00 bits per heavy atom. The molecular formula is C6H6OS2. The van der Waals surface area contributed by atoms with Crippen LogP contribution in [-0.4, -0.2) is 6.29 Å². The molecule has 1 unspecified atom stereocenters. The van der Waals surface area contributed by atoms with Crippen LogP contribution >= 0.6 is 24.0 Å². The fourth-order valence-corrected chi connectivity index (χ4v) is 1.46. The van der Waals surface area contributed by atoms with Gasteiger partial charge in [-0.3, -0.25) is 0 Å². The van der Waals surface area contributed by atoms with Crippen LogP contribution in [-0.2, 0) is 4.79 Å². The number of rotatable bonds is 2. The van der Waals surface area contributed by atoms with Gasteiger partial charge < -0.3 is 4.79 Å². The van der Waals surface area contributed by atoms with E-state index in [1.54, 1.807) is 11.3 Å². The van der Waals surface area contributed by atoms with Crippen molar-refractivity contribution in [3.05, 3.63) is 22.4 Å². The van der Waals surface area contributed by atoms with Gasteiger partial charge in [0.2, 0.25) is 0 Å². The molecule has 0 aromatic carbocycles. The maximum absolute atomic E-state index is 10.1. The molecule has 0 bridgehead atoms. The lowest BCUT2D eigenvalue weighted by Gasteiger charge is -1.93. The van der Waals surface area contributed by atoms with E-state index in [0.29, 0.717) is 0 Å². The Bertz CT molecular complexity index is 181. The van der Waals surface area contributed by atoms with Gasteiger partial charge >= 0.3 is 0 Å². The number of hydrogen-bond donors (Lipinski definition) is 1. The molecule has 0 aliphatic heterocycles. The van der Waals surface area contributed by atoms with E-state index in [9.17, 15) is 4.79 Å². The van der Waals surface area contributed by atoms with Crippen molar-refractivity contribution < 1.29 is 4.79 Å². The topological polar surface area (TPSA) is 17.1 Å². The molecule has 1 aromatic heterocycles. The Morgan fingerprint density at radius 2 is 2.56 bits per heavy atom. The molecule has 0 spiro atoms. The monoisotopic (exact) mass is 158 g/mol. The summed E-state index contributed by atoms with van der Waals surface area (Å²) < 4.78 is 0. The third-order valence-corrected chi connectivity index (χ3v) is 2.49. The fraction of sp³-hybridized carbons (Fsp3) is 0.167. The lowest BCUT2D eigenvalue weighted by atomic mass is 10.4. The van der Waals surface area contributed by atoms with Gasteiger partial charge in [0, 0.05) is 4.88 Å². The SMILES string of the molecule is O=CC(S)c1cccs1. The van der Waals surface area contributed by atoms with E-state index in [1.807, 2.05) is 17.5 Å². The van der Waals surface area contributed by atoms with Gasteiger partial charge in [-0.1, -0.05) is 6.07 Å². The molecule has 0 amide bonds. The van der Waals surface area contributed by atoms with Crippen LogP contribution in [0.3, 0.4) is 0 Å². The summed E-state index contributed by atoms with van der Waals surface area (Å²) in [5.74, 6) is 0. The van der Waals surface area contributed by atoms with Crippen molar-refractivity contribution in [1.29, 1.82) is 0 Å². The largest absolute Gasteiger partial charge is 0.302 e. The Kier molecular flexibility index (Phi) is 2.30. The van der Waals surface area contributed by atoms with Crippen molar-refractivity contribution in [2.75, 3.05) is 0 Å². The van der Waals surface area contributed by atoms with Crippen LogP contribution in [0, 0.1) is 0 Å². The van der Waals surface area contributed by atoms with E-state index < -0.39 is 0 Å². The Morgan fingerprint density at radius 1 is 1.78 bits per heavy atom. The van der Waals surface area contributed by atoms with Crippen LogP contribution in [0.2, 0.25) is 0 Å². The molecule has 1 rings (SSSR count). The quantitative estimate of drug-likeness (QED) is 0.514. The molecule has 0 fully saturated rings. The number of hydrogen-bond acceptors (Lipinski definition) is 3. The highest BCUT2D eigenvalue weighted by Crippen LogP contribution is 2.21. The zero-order chi connectivity index (χ0) is 6.69. The highest BCUT2D eigenvalue weighted by molar-refractivity contribution is 7.81. The smallest absolute Gasteiger partial charge is 0.137 e. The minimum Gasteiger partial charge on any atom is -0.302 e. The zero-order valence-electron chi connectivity index (χ0n) is 4.65. The number of aldehydes is 1. The van der Waals surface area contributed by atoms with Crippen LogP contribution in [0.25, 0.3) is 0 Å². The van der Waals surface area contributed by atoms with Gasteiger partial charge in [-0.15, -0.1) is 11.3 Å². The Hall–Kier alpha value is -0.280. The average molecular weight is 158 g/mol. The molecule has 0 aliphatic rings. The summed E-state index contributed by atoms with van der Waals surface area (Å²) in [4.78, 5) is 11.1. The minimum atomic E-state index is -0.231. The van der Waals surface area contributed by atoms with Crippen molar-refractivity contribution in [2.45, 2.75) is 5.25 Å². The number of thiophene rings is 1. The van der Waals surface area contributed by atoms with Crippen LogP contribution in [0.1, 0.15) is 10.1 Å². The summed E-state index contributed by atoms with van der Waals surface area (Å²) in [6, 6.07) is 3.81. The van der Waals surface area contributed by atoms with E-state index in [1.165, 1.54) is 0 Å². The first-order chi connectivity index (χ1) is 4.34. The summed E-state index contributed by atoms with van der Waals surface area (Å²) in [7, 11) is 0. The highest BCUT2D eigenvalue weighted by Gasteiger charge is 2.02. The summed E-state index contributed by atoms with van der Waals surface area (Å²) in [6.07, 6.45) is 0.828. The summed E-state index contributed by atoms with van der Waals surface area (Å²) in [6.45, 7) is 0. The molecule has 1 nitrogen and oxygen atoms in total.